The number of carbonyl (C=O) groups is 2. The molecule has 0 heterocycles. The third-order valence-electron chi connectivity index (χ3n) is 3.89. The zero-order valence-corrected chi connectivity index (χ0v) is 15.0. The van der Waals surface area contributed by atoms with E-state index in [1.165, 1.54) is 24.3 Å². The summed E-state index contributed by atoms with van der Waals surface area (Å²) >= 11 is 0. The first-order chi connectivity index (χ1) is 13.8. The lowest BCUT2D eigenvalue weighted by Crippen LogP contribution is -2.12. The molecule has 0 aliphatic carbocycles. The fourth-order valence-corrected chi connectivity index (χ4v) is 2.49. The molecular weight excluding hydrogens is 385 g/mol. The molecule has 0 spiro atoms. The summed E-state index contributed by atoms with van der Waals surface area (Å²) in [7, 11) is 0. The first-order valence-electron chi connectivity index (χ1n) is 8.55. The monoisotopic (exact) mass is 400 g/mol. The van der Waals surface area contributed by atoms with Crippen molar-refractivity contribution in [2.24, 2.45) is 0 Å². The van der Waals surface area contributed by atoms with Crippen LogP contribution >= 0.6 is 0 Å². The highest BCUT2D eigenvalue weighted by atomic mass is 19.4. The van der Waals surface area contributed by atoms with Gasteiger partial charge in [-0.1, -0.05) is 36.4 Å². The number of halogens is 3. The number of hydrogen-bond acceptors (Lipinski definition) is 4. The lowest BCUT2D eigenvalue weighted by Gasteiger charge is -2.09. The van der Waals surface area contributed by atoms with Crippen molar-refractivity contribution < 1.29 is 32.2 Å². The molecule has 0 saturated carbocycles. The van der Waals surface area contributed by atoms with Gasteiger partial charge in [0, 0.05) is 6.07 Å². The zero-order valence-electron chi connectivity index (χ0n) is 15.0. The molecule has 3 rings (SSSR count). The lowest BCUT2D eigenvalue weighted by molar-refractivity contribution is -0.137. The molecule has 0 radical (unpaired) electrons. The van der Waals surface area contributed by atoms with Crippen LogP contribution in [0.3, 0.4) is 0 Å². The topological polar surface area (TPSA) is 52.6 Å². The molecule has 0 aliphatic heterocycles. The number of ether oxygens (including phenoxy) is 2. The molecule has 4 nitrogen and oxygen atoms in total. The number of carbonyl (C=O) groups excluding carboxylic acids is 2. The predicted molar refractivity (Wildman–Crippen MR) is 98.6 cm³/mol. The maximum atomic E-state index is 12.6. The van der Waals surface area contributed by atoms with E-state index in [0.29, 0.717) is 0 Å². The van der Waals surface area contributed by atoms with Gasteiger partial charge in [-0.25, -0.2) is 4.79 Å². The van der Waals surface area contributed by atoms with E-state index < -0.39 is 23.7 Å². The average Bonchev–Trinajstić information content (AvgIpc) is 2.68. The molecule has 29 heavy (non-hydrogen) atoms. The van der Waals surface area contributed by atoms with E-state index in [4.69, 9.17) is 9.47 Å². The van der Waals surface area contributed by atoms with Crippen molar-refractivity contribution in [3.63, 3.8) is 0 Å². The molecule has 7 heteroatoms. The second kappa shape index (κ2) is 8.60. The van der Waals surface area contributed by atoms with Crippen molar-refractivity contribution in [3.05, 3.63) is 95.6 Å². The highest BCUT2D eigenvalue weighted by Gasteiger charge is 2.30. The van der Waals surface area contributed by atoms with Gasteiger partial charge in [0.05, 0.1) is 17.5 Å². The fraction of sp³-hybridized carbons (Fsp3) is 0.0909. The highest BCUT2D eigenvalue weighted by molar-refractivity contribution is 5.91. The normalized spacial score (nSPS) is 11.0. The van der Waals surface area contributed by atoms with E-state index in [1.807, 2.05) is 18.2 Å². The Hall–Kier alpha value is -3.61. The molecule has 0 aromatic heterocycles. The van der Waals surface area contributed by atoms with Gasteiger partial charge >= 0.3 is 18.1 Å². The minimum Gasteiger partial charge on any atom is -0.426 e. The highest BCUT2D eigenvalue weighted by Crippen LogP contribution is 2.29. The van der Waals surface area contributed by atoms with Crippen molar-refractivity contribution in [2.45, 2.75) is 12.6 Å². The molecule has 0 aliphatic rings. The van der Waals surface area contributed by atoms with Gasteiger partial charge < -0.3 is 9.47 Å². The van der Waals surface area contributed by atoms with Crippen LogP contribution in [0.5, 0.6) is 11.5 Å². The summed E-state index contributed by atoms with van der Waals surface area (Å²) in [5, 5.41) is 0. The van der Waals surface area contributed by atoms with Gasteiger partial charge in [-0.3, -0.25) is 4.79 Å². The summed E-state index contributed by atoms with van der Waals surface area (Å²) in [6.45, 7) is 0. The van der Waals surface area contributed by atoms with Gasteiger partial charge in [0.1, 0.15) is 11.5 Å². The molecule has 0 N–H and O–H groups in total. The van der Waals surface area contributed by atoms with Crippen molar-refractivity contribution in [1.82, 2.24) is 0 Å². The Balaban J connectivity index is 1.63. The number of rotatable bonds is 5. The van der Waals surface area contributed by atoms with Gasteiger partial charge in [-0.2, -0.15) is 13.2 Å². The van der Waals surface area contributed by atoms with Crippen molar-refractivity contribution >= 4 is 11.9 Å². The molecule has 148 valence electrons. The maximum Gasteiger partial charge on any atom is 0.416 e. The molecule has 0 unspecified atom stereocenters. The van der Waals surface area contributed by atoms with E-state index in [1.54, 1.807) is 12.1 Å². The van der Waals surface area contributed by atoms with Crippen LogP contribution in [0.15, 0.2) is 78.9 Å². The Morgan fingerprint density at radius 2 is 1.38 bits per heavy atom. The molecule has 0 fully saturated rings. The quantitative estimate of drug-likeness (QED) is 0.443. The third kappa shape index (κ3) is 5.68. The average molecular weight is 400 g/mol. The summed E-state index contributed by atoms with van der Waals surface area (Å²) in [5.41, 5.74) is -0.103. The van der Waals surface area contributed by atoms with Crippen LogP contribution in [-0.2, 0) is 17.4 Å². The van der Waals surface area contributed by atoms with Crippen LogP contribution in [-0.4, -0.2) is 11.9 Å². The van der Waals surface area contributed by atoms with E-state index in [9.17, 15) is 22.8 Å². The van der Waals surface area contributed by atoms with Crippen molar-refractivity contribution in [3.8, 4) is 11.5 Å². The minimum atomic E-state index is -4.49. The fourth-order valence-electron chi connectivity index (χ4n) is 2.49. The summed E-state index contributed by atoms with van der Waals surface area (Å²) in [5.74, 6) is -1.03. The number of benzene rings is 3. The second-order valence-corrected chi connectivity index (χ2v) is 6.08. The van der Waals surface area contributed by atoms with E-state index in [2.05, 4.69) is 0 Å². The van der Waals surface area contributed by atoms with Crippen molar-refractivity contribution in [1.29, 1.82) is 0 Å². The van der Waals surface area contributed by atoms with E-state index >= 15 is 0 Å². The van der Waals surface area contributed by atoms with Crippen LogP contribution in [0, 0.1) is 0 Å². The summed E-state index contributed by atoms with van der Waals surface area (Å²) in [4.78, 5) is 24.2. The van der Waals surface area contributed by atoms with Crippen molar-refractivity contribution in [2.75, 3.05) is 0 Å². The van der Waals surface area contributed by atoms with Gasteiger partial charge in [-0.05, 0) is 42.0 Å². The molecule has 0 atom stereocenters. The van der Waals surface area contributed by atoms with Crippen LogP contribution in [0.25, 0.3) is 0 Å². The first kappa shape index (κ1) is 20.1. The smallest absolute Gasteiger partial charge is 0.416 e. The molecule has 0 saturated heterocycles. The number of esters is 2. The van der Waals surface area contributed by atoms with Gasteiger partial charge in [0.25, 0.3) is 0 Å². The Kier molecular flexibility index (Phi) is 5.97. The van der Waals surface area contributed by atoms with Crippen LogP contribution in [0.4, 0.5) is 13.2 Å². The Bertz CT molecular complexity index is 997. The summed E-state index contributed by atoms with van der Waals surface area (Å²) in [6.07, 6.45) is -4.41. The Labute approximate surface area is 164 Å². The van der Waals surface area contributed by atoms with Gasteiger partial charge in [0.2, 0.25) is 0 Å². The largest absolute Gasteiger partial charge is 0.426 e. The number of alkyl halides is 3. The Morgan fingerprint density at radius 3 is 2.00 bits per heavy atom. The first-order valence-corrected chi connectivity index (χ1v) is 8.55. The third-order valence-corrected chi connectivity index (χ3v) is 3.89. The van der Waals surface area contributed by atoms with Crippen LogP contribution < -0.4 is 9.47 Å². The predicted octanol–water partition coefficient (Wildman–Crippen LogP) is 5.07. The van der Waals surface area contributed by atoms with Gasteiger partial charge in [-0.15, -0.1) is 0 Å². The van der Waals surface area contributed by atoms with E-state index in [0.717, 1.165) is 29.8 Å². The maximum absolute atomic E-state index is 12.6. The summed E-state index contributed by atoms with van der Waals surface area (Å²) in [6, 6.07) is 18.6. The molecule has 3 aromatic carbocycles. The number of hydrogen-bond donors (Lipinski definition) is 0. The minimum absolute atomic E-state index is 0.0375. The molecular formula is C22H15F3O4. The van der Waals surface area contributed by atoms with Crippen LogP contribution in [0.1, 0.15) is 21.5 Å². The Morgan fingerprint density at radius 1 is 0.759 bits per heavy atom. The molecule has 0 bridgehead atoms. The molecule has 3 aromatic rings. The zero-order chi connectivity index (χ0) is 20.9. The van der Waals surface area contributed by atoms with Gasteiger partial charge in [0.15, 0.2) is 0 Å². The summed E-state index contributed by atoms with van der Waals surface area (Å²) < 4.78 is 48.2. The molecule has 0 amide bonds. The van der Waals surface area contributed by atoms with Crippen LogP contribution in [0.2, 0.25) is 0 Å². The lowest BCUT2D eigenvalue weighted by atomic mass is 10.1. The van der Waals surface area contributed by atoms with E-state index in [-0.39, 0.29) is 23.5 Å². The second-order valence-electron chi connectivity index (χ2n) is 6.08. The standard InChI is InChI=1S/C22H15F3O4/c23-22(24,25)17-11-9-16(10-12-17)21(27)29-19-8-4-7-18(14-19)28-20(26)13-15-5-2-1-3-6-15/h1-12,14H,13H2. The SMILES string of the molecule is O=C(Cc1ccccc1)Oc1cccc(OC(=O)c2ccc(C(F)(F)F)cc2)c1.